The van der Waals surface area contributed by atoms with Gasteiger partial charge in [-0.1, -0.05) is 12.1 Å². The quantitative estimate of drug-likeness (QED) is 0.899. The molecule has 124 valence electrons. The zero-order valence-corrected chi connectivity index (χ0v) is 13.7. The summed E-state index contributed by atoms with van der Waals surface area (Å²) in [6.07, 6.45) is 0.155. The highest BCUT2D eigenvalue weighted by molar-refractivity contribution is 5.96. The Bertz CT molecular complexity index is 641. The SMILES string of the molecule is CC(=O)N1CCOC(C(=O)Nc2cccc3c2OC(C)(C)C3)C1. The minimum Gasteiger partial charge on any atom is -0.485 e. The van der Waals surface area contributed by atoms with Crippen LogP contribution in [0.1, 0.15) is 26.3 Å². The molecular formula is C17H22N2O4. The number of nitrogens with zero attached hydrogens (tertiary/aromatic N) is 1. The molecule has 0 spiro atoms. The summed E-state index contributed by atoms with van der Waals surface area (Å²) in [4.78, 5) is 25.6. The van der Waals surface area contributed by atoms with Gasteiger partial charge in [-0.3, -0.25) is 9.59 Å². The van der Waals surface area contributed by atoms with Gasteiger partial charge >= 0.3 is 0 Å². The topological polar surface area (TPSA) is 67.9 Å². The van der Waals surface area contributed by atoms with Crippen LogP contribution < -0.4 is 10.1 Å². The Balaban J connectivity index is 1.72. The van der Waals surface area contributed by atoms with E-state index >= 15 is 0 Å². The number of morpholine rings is 1. The fourth-order valence-corrected chi connectivity index (χ4v) is 3.02. The van der Waals surface area contributed by atoms with Gasteiger partial charge < -0.3 is 19.7 Å². The average Bonchev–Trinajstić information content (AvgIpc) is 2.82. The molecule has 1 N–H and O–H groups in total. The molecule has 23 heavy (non-hydrogen) atoms. The standard InChI is InChI=1S/C17H22N2O4/c1-11(20)19-7-8-22-14(10-19)16(21)18-13-6-4-5-12-9-17(2,3)23-15(12)13/h4-6,14H,7-10H2,1-3H3,(H,18,21). The van der Waals surface area contributed by atoms with Crippen LogP contribution in [0.5, 0.6) is 5.75 Å². The van der Waals surface area contributed by atoms with Crippen LogP contribution in [0.3, 0.4) is 0 Å². The van der Waals surface area contributed by atoms with E-state index in [1.165, 1.54) is 6.92 Å². The molecule has 3 rings (SSSR count). The first kappa shape index (κ1) is 15.8. The van der Waals surface area contributed by atoms with E-state index in [1.807, 2.05) is 32.0 Å². The van der Waals surface area contributed by atoms with Crippen LogP contribution in [0.15, 0.2) is 18.2 Å². The number of ether oxygens (including phenoxy) is 2. The number of carbonyl (C=O) groups excluding carboxylic acids is 2. The highest BCUT2D eigenvalue weighted by atomic mass is 16.5. The van der Waals surface area contributed by atoms with Gasteiger partial charge in [0.05, 0.1) is 18.8 Å². The summed E-state index contributed by atoms with van der Waals surface area (Å²) in [6.45, 7) is 6.72. The Morgan fingerprint density at radius 1 is 1.35 bits per heavy atom. The molecule has 0 aliphatic carbocycles. The highest BCUT2D eigenvalue weighted by Gasteiger charge is 2.33. The molecule has 2 heterocycles. The Morgan fingerprint density at radius 2 is 2.13 bits per heavy atom. The number of fused-ring (bicyclic) bond motifs is 1. The first-order chi connectivity index (χ1) is 10.9. The maximum Gasteiger partial charge on any atom is 0.255 e. The number of rotatable bonds is 2. The molecule has 0 aromatic heterocycles. The molecule has 2 amide bonds. The lowest BCUT2D eigenvalue weighted by Crippen LogP contribution is -2.49. The molecular weight excluding hydrogens is 296 g/mol. The van der Waals surface area contributed by atoms with Gasteiger partial charge in [0.2, 0.25) is 5.91 Å². The van der Waals surface area contributed by atoms with Crippen molar-refractivity contribution < 1.29 is 19.1 Å². The average molecular weight is 318 g/mol. The predicted molar refractivity (Wildman–Crippen MR) is 85.5 cm³/mol. The lowest BCUT2D eigenvalue weighted by atomic mass is 10.0. The Morgan fingerprint density at radius 3 is 2.87 bits per heavy atom. The van der Waals surface area contributed by atoms with E-state index in [-0.39, 0.29) is 24.0 Å². The minimum absolute atomic E-state index is 0.0446. The summed E-state index contributed by atoms with van der Waals surface area (Å²) in [6, 6.07) is 5.74. The summed E-state index contributed by atoms with van der Waals surface area (Å²) in [5, 5.41) is 2.88. The summed E-state index contributed by atoms with van der Waals surface area (Å²) in [7, 11) is 0. The van der Waals surface area contributed by atoms with Crippen molar-refractivity contribution in [2.45, 2.75) is 38.9 Å². The highest BCUT2D eigenvalue weighted by Crippen LogP contribution is 2.40. The maximum atomic E-state index is 12.5. The summed E-state index contributed by atoms with van der Waals surface area (Å²) in [5.41, 5.74) is 1.47. The zero-order chi connectivity index (χ0) is 16.6. The van der Waals surface area contributed by atoms with Gasteiger partial charge in [0.1, 0.15) is 11.4 Å². The Kier molecular flexibility index (Phi) is 4.02. The second-order valence-electron chi connectivity index (χ2n) is 6.65. The summed E-state index contributed by atoms with van der Waals surface area (Å²) in [5.74, 6) is 0.430. The molecule has 6 nitrogen and oxygen atoms in total. The van der Waals surface area contributed by atoms with E-state index < -0.39 is 6.10 Å². The van der Waals surface area contributed by atoms with Crippen LogP contribution in [0.25, 0.3) is 0 Å². The van der Waals surface area contributed by atoms with Crippen LogP contribution in [0.4, 0.5) is 5.69 Å². The Hall–Kier alpha value is -2.08. The van der Waals surface area contributed by atoms with Gasteiger partial charge in [-0.15, -0.1) is 0 Å². The number of anilines is 1. The monoisotopic (exact) mass is 318 g/mol. The second-order valence-corrected chi connectivity index (χ2v) is 6.65. The molecule has 0 radical (unpaired) electrons. The molecule has 1 saturated heterocycles. The molecule has 2 aliphatic heterocycles. The van der Waals surface area contributed by atoms with Crippen LogP contribution in [-0.4, -0.2) is 48.1 Å². The van der Waals surface area contributed by atoms with Crippen molar-refractivity contribution in [3.05, 3.63) is 23.8 Å². The van der Waals surface area contributed by atoms with E-state index in [4.69, 9.17) is 9.47 Å². The zero-order valence-electron chi connectivity index (χ0n) is 13.7. The van der Waals surface area contributed by atoms with Crippen molar-refractivity contribution >= 4 is 17.5 Å². The van der Waals surface area contributed by atoms with E-state index in [9.17, 15) is 9.59 Å². The third-order valence-corrected chi connectivity index (χ3v) is 4.15. The van der Waals surface area contributed by atoms with Crippen LogP contribution in [0, 0.1) is 0 Å². The van der Waals surface area contributed by atoms with Gasteiger partial charge in [-0.05, 0) is 19.9 Å². The second kappa shape index (κ2) is 5.85. The normalized spacial score (nSPS) is 22.2. The largest absolute Gasteiger partial charge is 0.485 e. The molecule has 1 fully saturated rings. The maximum absolute atomic E-state index is 12.5. The summed E-state index contributed by atoms with van der Waals surface area (Å²) < 4.78 is 11.5. The van der Waals surface area contributed by atoms with E-state index in [0.717, 1.165) is 17.7 Å². The predicted octanol–water partition coefficient (Wildman–Crippen LogP) is 1.59. The lowest BCUT2D eigenvalue weighted by Gasteiger charge is -2.31. The van der Waals surface area contributed by atoms with Crippen molar-refractivity contribution in [2.75, 3.05) is 25.0 Å². The molecule has 1 aromatic carbocycles. The number of amides is 2. The van der Waals surface area contributed by atoms with Crippen molar-refractivity contribution in [2.24, 2.45) is 0 Å². The number of para-hydroxylation sites is 1. The molecule has 1 aromatic rings. The number of nitrogens with one attached hydrogen (secondary N) is 1. The number of carbonyl (C=O) groups is 2. The Labute approximate surface area is 135 Å². The van der Waals surface area contributed by atoms with E-state index in [0.29, 0.717) is 18.8 Å². The number of benzene rings is 1. The van der Waals surface area contributed by atoms with Crippen molar-refractivity contribution in [1.29, 1.82) is 0 Å². The number of hydrogen-bond donors (Lipinski definition) is 1. The first-order valence-corrected chi connectivity index (χ1v) is 7.84. The molecule has 2 aliphatic rings. The van der Waals surface area contributed by atoms with Crippen molar-refractivity contribution in [3.63, 3.8) is 0 Å². The molecule has 0 bridgehead atoms. The smallest absolute Gasteiger partial charge is 0.255 e. The van der Waals surface area contributed by atoms with Crippen LogP contribution in [0.2, 0.25) is 0 Å². The van der Waals surface area contributed by atoms with E-state index in [1.54, 1.807) is 4.90 Å². The minimum atomic E-state index is -0.655. The molecule has 0 saturated carbocycles. The lowest BCUT2D eigenvalue weighted by molar-refractivity contribution is -0.143. The van der Waals surface area contributed by atoms with E-state index in [2.05, 4.69) is 5.32 Å². The van der Waals surface area contributed by atoms with Gasteiger partial charge in [0.15, 0.2) is 6.10 Å². The fourth-order valence-electron chi connectivity index (χ4n) is 3.02. The van der Waals surface area contributed by atoms with Gasteiger partial charge in [-0.25, -0.2) is 0 Å². The van der Waals surface area contributed by atoms with Gasteiger partial charge in [0, 0.05) is 25.5 Å². The van der Waals surface area contributed by atoms with Crippen molar-refractivity contribution in [3.8, 4) is 5.75 Å². The third-order valence-electron chi connectivity index (χ3n) is 4.15. The fraction of sp³-hybridized carbons (Fsp3) is 0.529. The molecule has 1 atom stereocenters. The third kappa shape index (κ3) is 3.32. The van der Waals surface area contributed by atoms with Crippen molar-refractivity contribution in [1.82, 2.24) is 4.90 Å². The first-order valence-electron chi connectivity index (χ1n) is 7.84. The van der Waals surface area contributed by atoms with Gasteiger partial charge in [0.25, 0.3) is 5.91 Å². The van der Waals surface area contributed by atoms with Crippen LogP contribution in [-0.2, 0) is 20.7 Å². The molecule has 1 unspecified atom stereocenters. The van der Waals surface area contributed by atoms with Crippen LogP contribution >= 0.6 is 0 Å². The number of hydrogen-bond acceptors (Lipinski definition) is 4. The summed E-state index contributed by atoms with van der Waals surface area (Å²) >= 11 is 0. The van der Waals surface area contributed by atoms with Gasteiger partial charge in [-0.2, -0.15) is 0 Å². The molecule has 6 heteroatoms.